The van der Waals surface area contributed by atoms with Crippen LogP contribution in [0.25, 0.3) is 0 Å². The van der Waals surface area contributed by atoms with Gasteiger partial charge in [0.05, 0.1) is 17.5 Å². The minimum atomic E-state index is 0.465. The highest BCUT2D eigenvalue weighted by Gasteiger charge is 2.16. The molecular weight excluding hydrogens is 248 g/mol. The van der Waals surface area contributed by atoms with Crippen LogP contribution in [-0.4, -0.2) is 15.2 Å². The smallest absolute Gasteiger partial charge is 0.262 e. The Hall–Kier alpha value is -1.87. The Bertz CT molecular complexity index is 575. The third kappa shape index (κ3) is 2.36. The summed E-state index contributed by atoms with van der Waals surface area (Å²) in [6.07, 6.45) is 4.58. The van der Waals surface area contributed by atoms with E-state index < -0.39 is 0 Å². The third-order valence-electron chi connectivity index (χ3n) is 2.52. The van der Waals surface area contributed by atoms with Gasteiger partial charge in [0.25, 0.3) is 5.22 Å². The van der Waals surface area contributed by atoms with Gasteiger partial charge in [0.2, 0.25) is 0 Å². The fraction of sp³-hybridized carbons (Fsp3) is 0.333. The lowest BCUT2D eigenvalue weighted by molar-refractivity contribution is 0.453. The van der Waals surface area contributed by atoms with Gasteiger partial charge in [-0.2, -0.15) is 10.4 Å². The molecule has 0 aromatic carbocycles. The van der Waals surface area contributed by atoms with E-state index in [1.165, 1.54) is 18.0 Å². The van der Waals surface area contributed by atoms with Gasteiger partial charge in [0.1, 0.15) is 17.4 Å². The predicted octanol–water partition coefficient (Wildman–Crippen LogP) is 2.61. The molecule has 2 heterocycles. The van der Waals surface area contributed by atoms with Gasteiger partial charge in [-0.3, -0.25) is 0 Å². The molecule has 2 rings (SSSR count). The van der Waals surface area contributed by atoms with E-state index in [2.05, 4.69) is 21.3 Å². The molecule has 0 fully saturated rings. The first-order valence-corrected chi connectivity index (χ1v) is 6.47. The number of aryl methyl sites for hydroxylation is 1. The molecule has 0 aliphatic rings. The maximum atomic E-state index is 9.30. The van der Waals surface area contributed by atoms with Crippen LogP contribution in [0.15, 0.2) is 27.1 Å². The van der Waals surface area contributed by atoms with Gasteiger partial charge in [-0.1, -0.05) is 13.8 Å². The zero-order valence-electron chi connectivity index (χ0n) is 10.2. The molecule has 0 aliphatic heterocycles. The molecule has 0 atom stereocenters. The number of oxazole rings is 1. The van der Waals surface area contributed by atoms with Crippen molar-refractivity contribution >= 4 is 11.8 Å². The fourth-order valence-corrected chi connectivity index (χ4v) is 2.42. The largest absolute Gasteiger partial charge is 0.440 e. The van der Waals surface area contributed by atoms with Crippen molar-refractivity contribution in [1.82, 2.24) is 15.2 Å². The average Bonchev–Trinajstić information content (AvgIpc) is 2.90. The molecule has 0 saturated heterocycles. The molecule has 2 aromatic rings. The molecule has 0 aliphatic carbocycles. The molecular formula is C12H12N4OS. The van der Waals surface area contributed by atoms with Crippen molar-refractivity contribution in [2.24, 2.45) is 0 Å². The molecule has 0 radical (unpaired) electrons. The maximum Gasteiger partial charge on any atom is 0.262 e. The van der Waals surface area contributed by atoms with Gasteiger partial charge in [-0.05, 0) is 30.2 Å². The van der Waals surface area contributed by atoms with E-state index in [1.54, 1.807) is 6.20 Å². The number of aromatic nitrogens is 3. The topological polar surface area (TPSA) is 75.6 Å². The van der Waals surface area contributed by atoms with E-state index in [4.69, 9.17) is 4.42 Å². The number of rotatable bonds is 4. The number of hydrogen-bond donors (Lipinski definition) is 0. The normalized spacial score (nSPS) is 10.3. The first-order valence-electron chi connectivity index (χ1n) is 5.66. The summed E-state index contributed by atoms with van der Waals surface area (Å²) in [4.78, 5) is 4.00. The Morgan fingerprint density at radius 1 is 1.33 bits per heavy atom. The van der Waals surface area contributed by atoms with Crippen LogP contribution in [0.1, 0.15) is 30.7 Å². The van der Waals surface area contributed by atoms with Gasteiger partial charge >= 0.3 is 0 Å². The highest BCUT2D eigenvalue weighted by molar-refractivity contribution is 7.99. The monoisotopic (exact) mass is 260 g/mol. The minimum Gasteiger partial charge on any atom is -0.440 e. The molecule has 0 bridgehead atoms. The number of nitriles is 1. The van der Waals surface area contributed by atoms with Gasteiger partial charge < -0.3 is 4.42 Å². The minimum absolute atomic E-state index is 0.465. The van der Waals surface area contributed by atoms with E-state index in [0.29, 0.717) is 15.8 Å². The van der Waals surface area contributed by atoms with Crippen LogP contribution in [0.4, 0.5) is 0 Å². The SMILES string of the molecule is CCc1nnc(Sc2ncco2)c(C#N)c1CC. The quantitative estimate of drug-likeness (QED) is 0.841. The Morgan fingerprint density at radius 3 is 2.72 bits per heavy atom. The molecule has 0 amide bonds. The van der Waals surface area contributed by atoms with Crippen LogP contribution in [0, 0.1) is 11.3 Å². The zero-order chi connectivity index (χ0) is 13.0. The summed E-state index contributed by atoms with van der Waals surface area (Å²) >= 11 is 1.22. The highest BCUT2D eigenvalue weighted by Crippen LogP contribution is 2.29. The van der Waals surface area contributed by atoms with Crippen molar-refractivity contribution in [3.63, 3.8) is 0 Å². The Balaban J connectivity index is 2.45. The molecule has 0 saturated carbocycles. The molecule has 18 heavy (non-hydrogen) atoms. The summed E-state index contributed by atoms with van der Waals surface area (Å²) in [6.45, 7) is 4.02. The molecule has 6 heteroatoms. The van der Waals surface area contributed by atoms with Gasteiger partial charge in [-0.25, -0.2) is 4.98 Å². The standard InChI is InChI=1S/C12H12N4OS/c1-3-8-9(7-13)11(16-15-10(8)4-2)18-12-14-5-6-17-12/h5-6H,3-4H2,1-2H3. The molecule has 0 N–H and O–H groups in total. The van der Waals surface area contributed by atoms with Crippen molar-refractivity contribution in [1.29, 1.82) is 5.26 Å². The second-order valence-electron chi connectivity index (χ2n) is 3.52. The van der Waals surface area contributed by atoms with Crippen LogP contribution in [0.5, 0.6) is 0 Å². The van der Waals surface area contributed by atoms with Crippen molar-refractivity contribution in [3.8, 4) is 6.07 Å². The van der Waals surface area contributed by atoms with Gasteiger partial charge in [0.15, 0.2) is 0 Å². The van der Waals surface area contributed by atoms with E-state index in [1.807, 2.05) is 13.8 Å². The summed E-state index contributed by atoms with van der Waals surface area (Å²) < 4.78 is 5.14. The van der Waals surface area contributed by atoms with Crippen LogP contribution < -0.4 is 0 Å². The summed E-state index contributed by atoms with van der Waals surface area (Å²) in [5.74, 6) is 0. The highest BCUT2D eigenvalue weighted by atomic mass is 32.2. The predicted molar refractivity (Wildman–Crippen MR) is 66.1 cm³/mol. The third-order valence-corrected chi connectivity index (χ3v) is 3.37. The van der Waals surface area contributed by atoms with E-state index >= 15 is 0 Å². The van der Waals surface area contributed by atoms with Crippen LogP contribution >= 0.6 is 11.8 Å². The van der Waals surface area contributed by atoms with Gasteiger partial charge in [-0.15, -0.1) is 5.10 Å². The zero-order valence-corrected chi connectivity index (χ0v) is 11.0. The van der Waals surface area contributed by atoms with E-state index in [-0.39, 0.29) is 0 Å². The lowest BCUT2D eigenvalue weighted by Gasteiger charge is -2.08. The van der Waals surface area contributed by atoms with Crippen LogP contribution in [0.2, 0.25) is 0 Å². The van der Waals surface area contributed by atoms with E-state index in [9.17, 15) is 5.26 Å². The Morgan fingerprint density at radius 2 is 2.17 bits per heavy atom. The summed E-state index contributed by atoms with van der Waals surface area (Å²) in [5.41, 5.74) is 2.42. The van der Waals surface area contributed by atoms with Gasteiger partial charge in [0, 0.05) is 0 Å². The molecule has 5 nitrogen and oxygen atoms in total. The number of hydrogen-bond acceptors (Lipinski definition) is 6. The number of nitrogens with zero attached hydrogens (tertiary/aromatic N) is 4. The molecule has 0 unspecified atom stereocenters. The Labute approximate surface area is 109 Å². The first-order chi connectivity index (χ1) is 8.80. The molecule has 2 aromatic heterocycles. The summed E-state index contributed by atoms with van der Waals surface area (Å²) in [7, 11) is 0. The lowest BCUT2D eigenvalue weighted by atomic mass is 10.1. The van der Waals surface area contributed by atoms with E-state index in [0.717, 1.165) is 24.1 Å². The molecule has 0 spiro atoms. The van der Waals surface area contributed by atoms with Crippen molar-refractivity contribution in [2.75, 3.05) is 0 Å². The first kappa shape index (κ1) is 12.6. The average molecular weight is 260 g/mol. The lowest BCUT2D eigenvalue weighted by Crippen LogP contribution is -2.04. The second kappa shape index (κ2) is 5.65. The van der Waals surface area contributed by atoms with Crippen molar-refractivity contribution in [2.45, 2.75) is 36.9 Å². The maximum absolute atomic E-state index is 9.30. The Kier molecular flexibility index (Phi) is 3.95. The second-order valence-corrected chi connectivity index (χ2v) is 4.46. The fourth-order valence-electron chi connectivity index (χ4n) is 1.68. The molecule has 92 valence electrons. The summed E-state index contributed by atoms with van der Waals surface area (Å²) in [6, 6.07) is 2.21. The summed E-state index contributed by atoms with van der Waals surface area (Å²) in [5, 5.41) is 18.6. The van der Waals surface area contributed by atoms with Crippen LogP contribution in [-0.2, 0) is 12.8 Å². The van der Waals surface area contributed by atoms with Crippen molar-refractivity contribution < 1.29 is 4.42 Å². The van der Waals surface area contributed by atoms with Crippen LogP contribution in [0.3, 0.4) is 0 Å². The van der Waals surface area contributed by atoms with Crippen molar-refractivity contribution in [3.05, 3.63) is 29.3 Å².